The van der Waals surface area contributed by atoms with Crippen LogP contribution in [0.3, 0.4) is 0 Å². The van der Waals surface area contributed by atoms with E-state index in [9.17, 15) is 30.3 Å². The van der Waals surface area contributed by atoms with E-state index in [2.05, 4.69) is 19.2 Å². The summed E-state index contributed by atoms with van der Waals surface area (Å²) in [5.74, 6) is -0.136. The average Bonchev–Trinajstić information content (AvgIpc) is 3.35. The van der Waals surface area contributed by atoms with Gasteiger partial charge < -0.3 is 40.3 Å². The summed E-state index contributed by atoms with van der Waals surface area (Å²) in [6.07, 6.45) is 54.3. The number of carbonyl (C=O) groups is 1. The van der Waals surface area contributed by atoms with Gasteiger partial charge in [0.25, 0.3) is 0 Å². The summed E-state index contributed by atoms with van der Waals surface area (Å²) < 4.78 is 11.3. The fourth-order valence-corrected chi connectivity index (χ4v) is 10.3. The van der Waals surface area contributed by atoms with Crippen molar-refractivity contribution in [2.75, 3.05) is 13.2 Å². The fraction of sp³-hybridized carbons (Fsp3) is 0.983. The van der Waals surface area contributed by atoms with Crippen LogP contribution in [0.2, 0.25) is 0 Å². The van der Waals surface area contributed by atoms with Gasteiger partial charge in [0, 0.05) is 6.42 Å². The maximum atomic E-state index is 13.1. The number of unbranched alkanes of at least 4 members (excludes halogenated alkanes) is 44. The first kappa shape index (κ1) is 66.2. The van der Waals surface area contributed by atoms with Gasteiger partial charge in [-0.25, -0.2) is 0 Å². The number of aliphatic hydroxyl groups excluding tert-OH is 5. The zero-order valence-corrected chi connectivity index (χ0v) is 45.9. The van der Waals surface area contributed by atoms with Gasteiger partial charge in [-0.05, 0) is 12.8 Å². The Bertz CT molecular complexity index is 1050. The van der Waals surface area contributed by atoms with Crippen LogP contribution < -0.4 is 5.32 Å². The number of rotatable bonds is 54. The van der Waals surface area contributed by atoms with E-state index in [1.165, 1.54) is 257 Å². The molecule has 0 bridgehead atoms. The van der Waals surface area contributed by atoms with Gasteiger partial charge in [-0.15, -0.1) is 0 Å². The Morgan fingerprint density at radius 3 is 1.03 bits per heavy atom. The van der Waals surface area contributed by atoms with Crippen LogP contribution in [0, 0.1) is 0 Å². The molecular formula is C60H119NO8. The van der Waals surface area contributed by atoms with Crippen molar-refractivity contribution < 1.29 is 39.8 Å². The minimum absolute atomic E-state index is 0.131. The lowest BCUT2D eigenvalue weighted by Gasteiger charge is -2.40. The van der Waals surface area contributed by atoms with Crippen LogP contribution in [0.1, 0.15) is 322 Å². The normalized spacial score (nSPS) is 19.3. The van der Waals surface area contributed by atoms with E-state index in [1.54, 1.807) is 0 Å². The summed E-state index contributed by atoms with van der Waals surface area (Å²) in [5.41, 5.74) is 0. The molecule has 69 heavy (non-hydrogen) atoms. The molecule has 0 aliphatic carbocycles. The second-order valence-corrected chi connectivity index (χ2v) is 21.9. The smallest absolute Gasteiger partial charge is 0.220 e. The lowest BCUT2D eigenvalue weighted by Crippen LogP contribution is -2.60. The first-order valence-corrected chi connectivity index (χ1v) is 30.7. The van der Waals surface area contributed by atoms with Gasteiger partial charge >= 0.3 is 0 Å². The van der Waals surface area contributed by atoms with Crippen molar-refractivity contribution in [3.63, 3.8) is 0 Å². The summed E-state index contributed by atoms with van der Waals surface area (Å²) in [6, 6.07) is -0.714. The van der Waals surface area contributed by atoms with E-state index >= 15 is 0 Å². The second kappa shape index (κ2) is 50.7. The standard InChI is InChI=1S/C60H119NO8/c1-3-5-7-9-11-13-15-17-19-21-23-24-25-26-27-28-29-30-32-33-35-37-39-41-43-45-47-49-54(63)53(52-68-60-59(67)58(66)57(65)55(51-62)69-60)61-56(64)50-48-46-44-42-40-38-36-34-31-22-20-18-16-14-12-10-8-6-4-2/h53-55,57-60,62-63,65-67H,3-52H2,1-2H3,(H,61,64). The molecule has 1 heterocycles. The molecule has 7 unspecified atom stereocenters. The third-order valence-corrected chi connectivity index (χ3v) is 15.2. The van der Waals surface area contributed by atoms with Crippen LogP contribution in [0.15, 0.2) is 0 Å². The molecule has 0 aromatic heterocycles. The van der Waals surface area contributed by atoms with Crippen LogP contribution in [-0.4, -0.2) is 87.5 Å². The Labute approximate surface area is 427 Å². The predicted octanol–water partition coefficient (Wildman–Crippen LogP) is 15.4. The minimum atomic E-state index is -1.55. The van der Waals surface area contributed by atoms with Gasteiger partial charge in [-0.2, -0.15) is 0 Å². The third kappa shape index (κ3) is 40.3. The lowest BCUT2D eigenvalue weighted by molar-refractivity contribution is -0.302. The monoisotopic (exact) mass is 982 g/mol. The molecule has 0 radical (unpaired) electrons. The third-order valence-electron chi connectivity index (χ3n) is 15.2. The molecule has 1 amide bonds. The zero-order valence-electron chi connectivity index (χ0n) is 45.9. The molecule has 1 saturated heterocycles. The summed E-state index contributed by atoms with van der Waals surface area (Å²) in [5, 5.41) is 54.8. The van der Waals surface area contributed by atoms with Crippen molar-refractivity contribution in [2.24, 2.45) is 0 Å². The van der Waals surface area contributed by atoms with Crippen molar-refractivity contribution in [3.8, 4) is 0 Å². The number of carbonyl (C=O) groups excluding carboxylic acids is 1. The highest BCUT2D eigenvalue weighted by atomic mass is 16.7. The number of nitrogens with one attached hydrogen (secondary N) is 1. The first-order valence-electron chi connectivity index (χ1n) is 30.7. The molecule has 412 valence electrons. The Balaban J connectivity index is 2.15. The van der Waals surface area contributed by atoms with Crippen molar-refractivity contribution in [3.05, 3.63) is 0 Å². The van der Waals surface area contributed by atoms with Gasteiger partial charge in [0.15, 0.2) is 6.29 Å². The lowest BCUT2D eigenvalue weighted by atomic mass is 9.99. The number of hydrogen-bond acceptors (Lipinski definition) is 8. The molecule has 1 fully saturated rings. The molecule has 1 rings (SSSR count). The average molecular weight is 983 g/mol. The van der Waals surface area contributed by atoms with E-state index in [0.717, 1.165) is 38.5 Å². The highest BCUT2D eigenvalue weighted by Gasteiger charge is 2.44. The number of amides is 1. The fourth-order valence-electron chi connectivity index (χ4n) is 10.3. The van der Waals surface area contributed by atoms with Crippen LogP contribution in [0.4, 0.5) is 0 Å². The van der Waals surface area contributed by atoms with Crippen molar-refractivity contribution >= 4 is 5.91 Å². The molecule has 0 spiro atoms. The largest absolute Gasteiger partial charge is 0.394 e. The molecule has 0 aromatic rings. The topological polar surface area (TPSA) is 149 Å². The Morgan fingerprint density at radius 1 is 0.435 bits per heavy atom. The van der Waals surface area contributed by atoms with Crippen LogP contribution >= 0.6 is 0 Å². The van der Waals surface area contributed by atoms with E-state index in [1.807, 2.05) is 0 Å². The molecule has 9 heteroatoms. The number of hydrogen-bond donors (Lipinski definition) is 6. The zero-order chi connectivity index (χ0) is 50.1. The molecule has 1 aliphatic rings. The molecule has 6 N–H and O–H groups in total. The second-order valence-electron chi connectivity index (χ2n) is 21.9. The highest BCUT2D eigenvalue weighted by molar-refractivity contribution is 5.76. The molecule has 9 nitrogen and oxygen atoms in total. The number of aliphatic hydroxyl groups is 5. The van der Waals surface area contributed by atoms with Gasteiger partial charge in [0.1, 0.15) is 24.4 Å². The van der Waals surface area contributed by atoms with E-state index in [-0.39, 0.29) is 12.5 Å². The summed E-state index contributed by atoms with van der Waals surface area (Å²) in [6.45, 7) is 3.89. The van der Waals surface area contributed by atoms with Gasteiger partial charge in [0.05, 0.1) is 25.4 Å². The van der Waals surface area contributed by atoms with Gasteiger partial charge in [-0.1, -0.05) is 303 Å². The molecule has 0 aromatic carbocycles. The van der Waals surface area contributed by atoms with Crippen molar-refractivity contribution in [1.82, 2.24) is 5.32 Å². The molecule has 1 aliphatic heterocycles. The van der Waals surface area contributed by atoms with E-state index in [4.69, 9.17) is 9.47 Å². The summed E-state index contributed by atoms with van der Waals surface area (Å²) in [7, 11) is 0. The van der Waals surface area contributed by atoms with Crippen LogP contribution in [0.5, 0.6) is 0 Å². The molecular weight excluding hydrogens is 863 g/mol. The highest BCUT2D eigenvalue weighted by Crippen LogP contribution is 2.24. The van der Waals surface area contributed by atoms with E-state index in [0.29, 0.717) is 12.8 Å². The Hall–Kier alpha value is -0.810. The van der Waals surface area contributed by atoms with Crippen molar-refractivity contribution in [1.29, 1.82) is 0 Å². The van der Waals surface area contributed by atoms with Crippen LogP contribution in [0.25, 0.3) is 0 Å². The van der Waals surface area contributed by atoms with Gasteiger partial charge in [-0.3, -0.25) is 4.79 Å². The maximum absolute atomic E-state index is 13.1. The first-order chi connectivity index (χ1) is 33.8. The maximum Gasteiger partial charge on any atom is 0.220 e. The van der Waals surface area contributed by atoms with Crippen LogP contribution in [-0.2, 0) is 14.3 Å². The minimum Gasteiger partial charge on any atom is -0.394 e. The Kier molecular flexibility index (Phi) is 48.7. The molecule has 7 atom stereocenters. The Morgan fingerprint density at radius 2 is 0.725 bits per heavy atom. The van der Waals surface area contributed by atoms with Gasteiger partial charge in [0.2, 0.25) is 5.91 Å². The SMILES string of the molecule is CCCCCCCCCCCCCCCCCCCCCCCCCCCCCC(O)C(COC1OC(CO)C(O)C(O)C1O)NC(=O)CCCCCCCCCCCCCCCCCCCCC. The predicted molar refractivity (Wildman–Crippen MR) is 291 cm³/mol. The number of ether oxygens (including phenoxy) is 2. The summed E-state index contributed by atoms with van der Waals surface area (Å²) >= 11 is 0. The quantitative estimate of drug-likeness (QED) is 0.0330. The van der Waals surface area contributed by atoms with E-state index < -0.39 is 49.5 Å². The van der Waals surface area contributed by atoms with Crippen molar-refractivity contribution in [2.45, 2.75) is 365 Å². The molecule has 0 saturated carbocycles. The summed E-state index contributed by atoms with van der Waals surface area (Å²) in [4.78, 5) is 13.1.